The van der Waals surface area contributed by atoms with Crippen LogP contribution in [0.2, 0.25) is 0 Å². The number of para-hydroxylation sites is 1. The van der Waals surface area contributed by atoms with Gasteiger partial charge in [0.1, 0.15) is 10.8 Å². The zero-order valence-corrected chi connectivity index (χ0v) is 14.6. The smallest absolute Gasteiger partial charge is 0.220 e. The van der Waals surface area contributed by atoms with E-state index < -0.39 is 0 Å². The molecule has 4 nitrogen and oxygen atoms in total. The van der Waals surface area contributed by atoms with E-state index in [0.29, 0.717) is 25.8 Å². The molecule has 0 aliphatic rings. The van der Waals surface area contributed by atoms with Crippen LogP contribution in [-0.2, 0) is 17.6 Å². The van der Waals surface area contributed by atoms with Crippen molar-refractivity contribution >= 4 is 17.2 Å². The van der Waals surface area contributed by atoms with Crippen molar-refractivity contribution in [1.82, 2.24) is 10.3 Å². The van der Waals surface area contributed by atoms with Crippen LogP contribution in [-0.4, -0.2) is 22.5 Å². The predicted molar refractivity (Wildman–Crippen MR) is 101 cm³/mol. The number of nitrogens with one attached hydrogen (secondary N) is 1. The molecule has 0 saturated heterocycles. The monoisotopic (exact) mass is 352 g/mol. The van der Waals surface area contributed by atoms with Crippen LogP contribution in [0.4, 0.5) is 0 Å². The summed E-state index contributed by atoms with van der Waals surface area (Å²) < 4.78 is 0. The first-order chi connectivity index (χ1) is 12.2. The van der Waals surface area contributed by atoms with E-state index in [4.69, 9.17) is 0 Å². The lowest BCUT2D eigenvalue weighted by atomic mass is 10.1. The Morgan fingerprint density at radius 3 is 2.60 bits per heavy atom. The topological polar surface area (TPSA) is 62.2 Å². The fourth-order valence-electron chi connectivity index (χ4n) is 2.52. The molecule has 0 atom stereocenters. The molecule has 25 heavy (non-hydrogen) atoms. The Balaban J connectivity index is 1.44. The molecule has 1 aromatic heterocycles. The number of hydrogen-bond donors (Lipinski definition) is 2. The summed E-state index contributed by atoms with van der Waals surface area (Å²) in [6.45, 7) is 0.517. The second kappa shape index (κ2) is 8.44. The van der Waals surface area contributed by atoms with Crippen LogP contribution in [0.5, 0.6) is 5.75 Å². The minimum absolute atomic E-state index is 0.00434. The summed E-state index contributed by atoms with van der Waals surface area (Å²) in [6, 6.07) is 17.2. The number of phenolic OH excluding ortho intramolecular Hbond substituents is 1. The third-order valence-electron chi connectivity index (χ3n) is 3.89. The second-order valence-corrected chi connectivity index (χ2v) is 6.60. The molecule has 0 radical (unpaired) electrons. The highest BCUT2D eigenvalue weighted by Crippen LogP contribution is 2.23. The summed E-state index contributed by atoms with van der Waals surface area (Å²) >= 11 is 1.60. The number of hydrogen-bond acceptors (Lipinski definition) is 4. The number of aromatic nitrogens is 1. The Morgan fingerprint density at radius 2 is 1.80 bits per heavy atom. The zero-order valence-electron chi connectivity index (χ0n) is 13.8. The molecule has 1 amide bonds. The number of nitrogens with zero attached hydrogens (tertiary/aromatic N) is 1. The number of rotatable bonds is 7. The first-order valence-corrected chi connectivity index (χ1v) is 9.14. The van der Waals surface area contributed by atoms with E-state index in [-0.39, 0.29) is 11.7 Å². The molecule has 0 bridgehead atoms. The number of benzene rings is 2. The molecule has 1 heterocycles. The van der Waals surface area contributed by atoms with Crippen molar-refractivity contribution in [2.75, 3.05) is 6.54 Å². The van der Waals surface area contributed by atoms with Gasteiger partial charge in [-0.15, -0.1) is 11.3 Å². The van der Waals surface area contributed by atoms with E-state index in [1.807, 2.05) is 47.8 Å². The molecule has 0 aliphatic heterocycles. The maximum absolute atomic E-state index is 12.0. The number of carbonyl (C=O) groups is 1. The lowest BCUT2D eigenvalue weighted by molar-refractivity contribution is -0.121. The van der Waals surface area contributed by atoms with Crippen LogP contribution in [0.3, 0.4) is 0 Å². The van der Waals surface area contributed by atoms with Gasteiger partial charge in [0.2, 0.25) is 5.91 Å². The quantitative estimate of drug-likeness (QED) is 0.680. The molecule has 2 aromatic carbocycles. The summed E-state index contributed by atoms with van der Waals surface area (Å²) in [5.74, 6) is 0.275. The van der Waals surface area contributed by atoms with Crippen LogP contribution in [0.15, 0.2) is 60.0 Å². The van der Waals surface area contributed by atoms with Gasteiger partial charge >= 0.3 is 0 Å². The first-order valence-electron chi connectivity index (χ1n) is 8.26. The fourth-order valence-corrected chi connectivity index (χ4v) is 3.38. The fraction of sp³-hybridized carbons (Fsp3) is 0.200. The number of carbonyl (C=O) groups excluding carboxylic acids is 1. The standard InChI is InChI=1S/C20H20N2O2S/c23-18-9-5-4-6-15(18)12-13-21-19(24)11-10-17-14-25-20(22-17)16-7-2-1-3-8-16/h1-9,14,23H,10-13H2,(H,21,24). The first kappa shape index (κ1) is 17.2. The maximum atomic E-state index is 12.0. The lowest BCUT2D eigenvalue weighted by Crippen LogP contribution is -2.25. The molecule has 0 spiro atoms. The van der Waals surface area contributed by atoms with Gasteiger partial charge < -0.3 is 10.4 Å². The molecule has 3 aromatic rings. The van der Waals surface area contributed by atoms with Gasteiger partial charge in [-0.05, 0) is 24.5 Å². The zero-order chi connectivity index (χ0) is 17.5. The molecule has 5 heteroatoms. The van der Waals surface area contributed by atoms with E-state index in [0.717, 1.165) is 21.8 Å². The highest BCUT2D eigenvalue weighted by Gasteiger charge is 2.07. The number of aryl methyl sites for hydroxylation is 1. The van der Waals surface area contributed by atoms with Crippen LogP contribution in [0.25, 0.3) is 10.6 Å². The van der Waals surface area contributed by atoms with Crippen LogP contribution in [0, 0.1) is 0 Å². The number of thiazole rings is 1. The number of phenols is 1. The van der Waals surface area contributed by atoms with Crippen molar-refractivity contribution in [1.29, 1.82) is 0 Å². The Labute approximate surface area is 151 Å². The van der Waals surface area contributed by atoms with Crippen molar-refractivity contribution in [3.8, 4) is 16.3 Å². The van der Waals surface area contributed by atoms with E-state index in [1.165, 1.54) is 0 Å². The largest absolute Gasteiger partial charge is 0.508 e. The third-order valence-corrected chi connectivity index (χ3v) is 4.83. The molecule has 0 fully saturated rings. The van der Waals surface area contributed by atoms with Gasteiger partial charge in [0.15, 0.2) is 0 Å². The van der Waals surface area contributed by atoms with Crippen molar-refractivity contribution in [3.05, 3.63) is 71.2 Å². The molecule has 2 N–H and O–H groups in total. The summed E-state index contributed by atoms with van der Waals surface area (Å²) in [6.07, 6.45) is 1.66. The minimum atomic E-state index is 0.00434. The van der Waals surface area contributed by atoms with Crippen LogP contribution in [0.1, 0.15) is 17.7 Å². The molecule has 128 valence electrons. The minimum Gasteiger partial charge on any atom is -0.508 e. The number of amides is 1. The highest BCUT2D eigenvalue weighted by molar-refractivity contribution is 7.13. The van der Waals surface area contributed by atoms with Gasteiger partial charge in [-0.3, -0.25) is 4.79 Å². The van der Waals surface area contributed by atoms with Gasteiger partial charge in [0.05, 0.1) is 5.69 Å². The molecule has 3 rings (SSSR count). The van der Waals surface area contributed by atoms with Crippen molar-refractivity contribution in [3.63, 3.8) is 0 Å². The molecule has 0 unspecified atom stereocenters. The van der Waals surface area contributed by atoms with Gasteiger partial charge in [0.25, 0.3) is 0 Å². The van der Waals surface area contributed by atoms with Gasteiger partial charge in [-0.1, -0.05) is 48.5 Å². The molecule has 0 aliphatic carbocycles. The van der Waals surface area contributed by atoms with Crippen LogP contribution < -0.4 is 5.32 Å². The maximum Gasteiger partial charge on any atom is 0.220 e. The summed E-state index contributed by atoms with van der Waals surface area (Å²) in [5.41, 5.74) is 2.89. The van der Waals surface area contributed by atoms with E-state index in [2.05, 4.69) is 10.3 Å². The van der Waals surface area contributed by atoms with Gasteiger partial charge in [0, 0.05) is 23.9 Å². The van der Waals surface area contributed by atoms with E-state index in [9.17, 15) is 9.90 Å². The Hall–Kier alpha value is -2.66. The number of aromatic hydroxyl groups is 1. The Bertz CT molecular complexity index is 830. The summed E-state index contributed by atoms with van der Waals surface area (Å²) in [5, 5.41) is 15.6. The van der Waals surface area contributed by atoms with Crippen LogP contribution >= 0.6 is 11.3 Å². The van der Waals surface area contributed by atoms with E-state index in [1.54, 1.807) is 23.5 Å². The Kier molecular flexibility index (Phi) is 5.80. The average molecular weight is 352 g/mol. The average Bonchev–Trinajstić information content (AvgIpc) is 3.11. The predicted octanol–water partition coefficient (Wildman–Crippen LogP) is 3.81. The Morgan fingerprint density at radius 1 is 1.04 bits per heavy atom. The summed E-state index contributed by atoms with van der Waals surface area (Å²) in [7, 11) is 0. The van der Waals surface area contributed by atoms with Crippen molar-refractivity contribution in [2.24, 2.45) is 0 Å². The molecular formula is C20H20N2O2S. The van der Waals surface area contributed by atoms with E-state index >= 15 is 0 Å². The normalized spacial score (nSPS) is 10.6. The highest BCUT2D eigenvalue weighted by atomic mass is 32.1. The van der Waals surface area contributed by atoms with Crippen molar-refractivity contribution in [2.45, 2.75) is 19.3 Å². The lowest BCUT2D eigenvalue weighted by Gasteiger charge is -2.06. The molecular weight excluding hydrogens is 332 g/mol. The second-order valence-electron chi connectivity index (χ2n) is 5.74. The third kappa shape index (κ3) is 4.90. The van der Waals surface area contributed by atoms with Crippen molar-refractivity contribution < 1.29 is 9.90 Å². The van der Waals surface area contributed by atoms with Gasteiger partial charge in [-0.2, -0.15) is 0 Å². The SMILES string of the molecule is O=C(CCc1csc(-c2ccccc2)n1)NCCc1ccccc1O. The molecule has 0 saturated carbocycles. The van der Waals surface area contributed by atoms with Gasteiger partial charge in [-0.25, -0.2) is 4.98 Å². The summed E-state index contributed by atoms with van der Waals surface area (Å²) in [4.78, 5) is 16.6.